The summed E-state index contributed by atoms with van der Waals surface area (Å²) in [5, 5.41) is 0. The van der Waals surface area contributed by atoms with E-state index in [2.05, 4.69) is 20.9 Å². The van der Waals surface area contributed by atoms with Gasteiger partial charge in [0.15, 0.2) is 12.1 Å². The van der Waals surface area contributed by atoms with E-state index >= 15 is 0 Å². The van der Waals surface area contributed by atoms with Crippen molar-refractivity contribution in [3.05, 3.63) is 39.0 Å². The second-order valence-electron chi connectivity index (χ2n) is 2.74. The van der Waals surface area contributed by atoms with Crippen molar-refractivity contribution < 1.29 is 4.79 Å². The van der Waals surface area contributed by atoms with Crippen LogP contribution in [0.25, 0.3) is 0 Å². The van der Waals surface area contributed by atoms with Gasteiger partial charge < -0.3 is 4.57 Å². The summed E-state index contributed by atoms with van der Waals surface area (Å²) >= 11 is 5.05. The normalized spacial score (nSPS) is 10.4. The van der Waals surface area contributed by atoms with Gasteiger partial charge in [0.2, 0.25) is 0 Å². The van der Waals surface area contributed by atoms with Gasteiger partial charge in [-0.25, -0.2) is 4.98 Å². The van der Waals surface area contributed by atoms with Crippen molar-refractivity contribution in [1.82, 2.24) is 9.55 Å². The molecule has 2 rings (SSSR count). The first-order valence-electron chi connectivity index (χ1n) is 4.00. The highest BCUT2D eigenvalue weighted by atomic mass is 79.9. The van der Waals surface area contributed by atoms with E-state index in [0.717, 1.165) is 10.1 Å². The van der Waals surface area contributed by atoms with Crippen LogP contribution in [0.2, 0.25) is 0 Å². The van der Waals surface area contributed by atoms with E-state index in [0.29, 0.717) is 12.4 Å². The number of thiophene rings is 1. The highest BCUT2D eigenvalue weighted by molar-refractivity contribution is 9.11. The lowest BCUT2D eigenvalue weighted by Crippen LogP contribution is -2.01. The molecule has 0 atom stereocenters. The first-order valence-corrected chi connectivity index (χ1v) is 5.61. The molecule has 0 aliphatic carbocycles. The standard InChI is InChI=1S/C9H7BrN2OS/c10-8-2-1-7(14-8)5-12-4-3-11-9(12)6-13/h1-4,6H,5H2. The molecular weight excluding hydrogens is 264 g/mol. The number of aromatic nitrogens is 2. The number of aldehydes is 1. The van der Waals surface area contributed by atoms with Crippen LogP contribution in [0.5, 0.6) is 0 Å². The van der Waals surface area contributed by atoms with Crippen LogP contribution in [0.3, 0.4) is 0 Å². The third-order valence-electron chi connectivity index (χ3n) is 1.81. The van der Waals surface area contributed by atoms with E-state index < -0.39 is 0 Å². The number of carbonyl (C=O) groups is 1. The van der Waals surface area contributed by atoms with E-state index in [4.69, 9.17) is 0 Å². The van der Waals surface area contributed by atoms with E-state index in [-0.39, 0.29) is 0 Å². The molecule has 5 heteroatoms. The average molecular weight is 271 g/mol. The van der Waals surface area contributed by atoms with E-state index in [1.54, 1.807) is 23.7 Å². The van der Waals surface area contributed by atoms with Crippen molar-refractivity contribution in [1.29, 1.82) is 0 Å². The van der Waals surface area contributed by atoms with Crippen LogP contribution in [0.1, 0.15) is 15.5 Å². The Balaban J connectivity index is 2.22. The molecule has 0 fully saturated rings. The van der Waals surface area contributed by atoms with Gasteiger partial charge in [-0.2, -0.15) is 0 Å². The molecule has 14 heavy (non-hydrogen) atoms. The SMILES string of the molecule is O=Cc1nccn1Cc1ccc(Br)s1. The van der Waals surface area contributed by atoms with Crippen molar-refractivity contribution in [2.24, 2.45) is 0 Å². The molecule has 2 aromatic rings. The van der Waals surface area contributed by atoms with Crippen molar-refractivity contribution in [3.8, 4) is 0 Å². The summed E-state index contributed by atoms with van der Waals surface area (Å²) in [6.07, 6.45) is 4.20. The lowest BCUT2D eigenvalue weighted by atomic mass is 10.4. The molecule has 0 aromatic carbocycles. The lowest BCUT2D eigenvalue weighted by Gasteiger charge is -2.00. The molecule has 0 aliphatic rings. The van der Waals surface area contributed by atoms with Gasteiger partial charge in [-0.15, -0.1) is 11.3 Å². The first kappa shape index (κ1) is 9.61. The van der Waals surface area contributed by atoms with Crippen molar-refractivity contribution in [2.45, 2.75) is 6.54 Å². The molecular formula is C9H7BrN2OS. The maximum Gasteiger partial charge on any atom is 0.185 e. The molecule has 0 N–H and O–H groups in total. The van der Waals surface area contributed by atoms with Gasteiger partial charge in [-0.05, 0) is 28.1 Å². The van der Waals surface area contributed by atoms with Crippen LogP contribution < -0.4 is 0 Å². The number of hydrogen-bond acceptors (Lipinski definition) is 3. The fourth-order valence-electron chi connectivity index (χ4n) is 1.18. The molecule has 2 aromatic heterocycles. The van der Waals surface area contributed by atoms with Crippen LogP contribution in [0, 0.1) is 0 Å². The number of imidazole rings is 1. The zero-order valence-electron chi connectivity index (χ0n) is 7.18. The molecule has 0 bridgehead atoms. The largest absolute Gasteiger partial charge is 0.324 e. The number of rotatable bonds is 3. The monoisotopic (exact) mass is 270 g/mol. The summed E-state index contributed by atoms with van der Waals surface area (Å²) in [7, 11) is 0. The predicted molar refractivity (Wildman–Crippen MR) is 58.7 cm³/mol. The summed E-state index contributed by atoms with van der Waals surface area (Å²) in [5.41, 5.74) is 0. The molecule has 0 unspecified atom stereocenters. The van der Waals surface area contributed by atoms with Gasteiger partial charge in [0, 0.05) is 17.3 Å². The van der Waals surface area contributed by atoms with Crippen molar-refractivity contribution >= 4 is 33.6 Å². The molecule has 0 saturated carbocycles. The average Bonchev–Trinajstić information content (AvgIpc) is 2.76. The molecule has 0 spiro atoms. The van der Waals surface area contributed by atoms with Crippen LogP contribution in [-0.2, 0) is 6.54 Å². The molecule has 0 amide bonds. The third kappa shape index (κ3) is 1.93. The van der Waals surface area contributed by atoms with Crippen LogP contribution >= 0.6 is 27.3 Å². The van der Waals surface area contributed by atoms with Crippen LogP contribution in [0.15, 0.2) is 28.3 Å². The number of carbonyl (C=O) groups excluding carboxylic acids is 1. The molecule has 0 saturated heterocycles. The quantitative estimate of drug-likeness (QED) is 0.804. The maximum absolute atomic E-state index is 10.6. The maximum atomic E-state index is 10.6. The predicted octanol–water partition coefficient (Wildman–Crippen LogP) is 2.57. The smallest absolute Gasteiger partial charge is 0.185 e. The van der Waals surface area contributed by atoms with Gasteiger partial charge in [0.1, 0.15) is 0 Å². The summed E-state index contributed by atoms with van der Waals surface area (Å²) in [5.74, 6) is 0.467. The summed E-state index contributed by atoms with van der Waals surface area (Å²) in [6.45, 7) is 0.699. The van der Waals surface area contributed by atoms with E-state index in [1.165, 1.54) is 4.88 Å². The number of hydrogen-bond donors (Lipinski definition) is 0. The minimum absolute atomic E-state index is 0.467. The Bertz CT molecular complexity index is 449. The Labute approximate surface area is 93.5 Å². The van der Waals surface area contributed by atoms with Gasteiger partial charge in [-0.3, -0.25) is 4.79 Å². The van der Waals surface area contributed by atoms with Crippen molar-refractivity contribution in [3.63, 3.8) is 0 Å². The second kappa shape index (κ2) is 4.06. The summed E-state index contributed by atoms with van der Waals surface area (Å²) < 4.78 is 2.92. The molecule has 3 nitrogen and oxygen atoms in total. The second-order valence-corrected chi connectivity index (χ2v) is 5.28. The fourth-order valence-corrected chi connectivity index (χ4v) is 2.66. The highest BCUT2D eigenvalue weighted by Gasteiger charge is 2.03. The third-order valence-corrected chi connectivity index (χ3v) is 3.42. The molecule has 2 heterocycles. The van der Waals surface area contributed by atoms with Crippen LogP contribution in [0.4, 0.5) is 0 Å². The molecule has 0 aliphatic heterocycles. The lowest BCUT2D eigenvalue weighted by molar-refractivity contribution is 0.111. The number of nitrogens with zero attached hydrogens (tertiary/aromatic N) is 2. The molecule has 0 radical (unpaired) electrons. The van der Waals surface area contributed by atoms with Crippen molar-refractivity contribution in [2.75, 3.05) is 0 Å². The number of halogens is 1. The Kier molecular flexibility index (Phi) is 2.79. The van der Waals surface area contributed by atoms with Gasteiger partial charge >= 0.3 is 0 Å². The Morgan fingerprint density at radius 1 is 1.57 bits per heavy atom. The Morgan fingerprint density at radius 3 is 3.07 bits per heavy atom. The van der Waals surface area contributed by atoms with Gasteiger partial charge in [0.05, 0.1) is 10.3 Å². The zero-order chi connectivity index (χ0) is 9.97. The first-order chi connectivity index (χ1) is 6.79. The highest BCUT2D eigenvalue weighted by Crippen LogP contribution is 2.22. The summed E-state index contributed by atoms with van der Waals surface area (Å²) in [6, 6.07) is 4.03. The Morgan fingerprint density at radius 2 is 2.43 bits per heavy atom. The minimum atomic E-state index is 0.467. The van der Waals surface area contributed by atoms with E-state index in [1.807, 2.05) is 16.7 Å². The topological polar surface area (TPSA) is 34.9 Å². The summed E-state index contributed by atoms with van der Waals surface area (Å²) in [4.78, 5) is 15.7. The van der Waals surface area contributed by atoms with Crippen LogP contribution in [-0.4, -0.2) is 15.8 Å². The fraction of sp³-hybridized carbons (Fsp3) is 0.111. The van der Waals surface area contributed by atoms with Gasteiger partial charge in [-0.1, -0.05) is 0 Å². The zero-order valence-corrected chi connectivity index (χ0v) is 9.59. The molecule has 72 valence electrons. The Hall–Kier alpha value is -0.940. The minimum Gasteiger partial charge on any atom is -0.324 e. The van der Waals surface area contributed by atoms with E-state index in [9.17, 15) is 4.79 Å². The van der Waals surface area contributed by atoms with Gasteiger partial charge in [0.25, 0.3) is 0 Å².